The summed E-state index contributed by atoms with van der Waals surface area (Å²) in [6.45, 7) is 8.75. The van der Waals surface area contributed by atoms with E-state index < -0.39 is 0 Å². The Morgan fingerprint density at radius 3 is 2.47 bits per heavy atom. The topological polar surface area (TPSA) is 17.8 Å². The lowest BCUT2D eigenvalue weighted by atomic mass is 9.96. The minimum absolute atomic E-state index is 0.566. The van der Waals surface area contributed by atoms with Gasteiger partial charge in [0.25, 0.3) is 0 Å². The Hall–Kier alpha value is -1.31. The van der Waals surface area contributed by atoms with E-state index in [1.807, 2.05) is 11.7 Å². The van der Waals surface area contributed by atoms with E-state index >= 15 is 0 Å². The van der Waals surface area contributed by atoms with E-state index in [1.54, 1.807) is 0 Å². The normalized spacial score (nSPS) is 11.6. The molecule has 1 heterocycles. The molecule has 2 rings (SSSR count). The van der Waals surface area contributed by atoms with Gasteiger partial charge in [0.2, 0.25) is 0 Å². The van der Waals surface area contributed by atoms with Crippen LogP contribution in [0.25, 0.3) is 10.9 Å². The first-order valence-corrected chi connectivity index (χ1v) is 5.44. The fourth-order valence-corrected chi connectivity index (χ4v) is 2.12. The van der Waals surface area contributed by atoms with Gasteiger partial charge in [0.1, 0.15) is 0 Å². The summed E-state index contributed by atoms with van der Waals surface area (Å²) in [4.78, 5) is 0. The summed E-state index contributed by atoms with van der Waals surface area (Å²) in [5.74, 6) is 0.566. The molecule has 2 nitrogen and oxygen atoms in total. The quantitative estimate of drug-likeness (QED) is 0.693. The zero-order chi connectivity index (χ0) is 11.2. The van der Waals surface area contributed by atoms with Crippen molar-refractivity contribution in [2.45, 2.75) is 33.6 Å². The number of fused-ring (bicyclic) bond motifs is 1. The van der Waals surface area contributed by atoms with E-state index in [1.165, 1.54) is 22.2 Å². The van der Waals surface area contributed by atoms with Crippen LogP contribution in [0.15, 0.2) is 12.1 Å². The molecule has 0 amide bonds. The van der Waals surface area contributed by atoms with Gasteiger partial charge >= 0.3 is 0 Å². The van der Waals surface area contributed by atoms with Crippen LogP contribution >= 0.6 is 0 Å². The van der Waals surface area contributed by atoms with Crippen molar-refractivity contribution in [1.29, 1.82) is 0 Å². The first-order chi connectivity index (χ1) is 7.00. The Labute approximate surface area is 90.9 Å². The first kappa shape index (κ1) is 10.2. The molecule has 1 aromatic carbocycles. The molecular formula is C13H18N2. The van der Waals surface area contributed by atoms with Crippen molar-refractivity contribution < 1.29 is 0 Å². The van der Waals surface area contributed by atoms with Crippen molar-refractivity contribution in [3.63, 3.8) is 0 Å². The fraction of sp³-hybridized carbons (Fsp3) is 0.462. The minimum Gasteiger partial charge on any atom is -0.272 e. The van der Waals surface area contributed by atoms with Crippen LogP contribution < -0.4 is 0 Å². The van der Waals surface area contributed by atoms with Crippen LogP contribution in [-0.4, -0.2) is 9.78 Å². The summed E-state index contributed by atoms with van der Waals surface area (Å²) >= 11 is 0. The Bertz CT molecular complexity index is 507. The maximum absolute atomic E-state index is 4.51. The highest BCUT2D eigenvalue weighted by Gasteiger charge is 2.10. The molecule has 0 radical (unpaired) electrons. The number of benzene rings is 1. The van der Waals surface area contributed by atoms with E-state index in [9.17, 15) is 0 Å². The molecule has 0 aliphatic heterocycles. The van der Waals surface area contributed by atoms with Gasteiger partial charge in [-0.2, -0.15) is 5.10 Å². The average molecular weight is 202 g/mol. The molecule has 0 bridgehead atoms. The van der Waals surface area contributed by atoms with Crippen LogP contribution in [-0.2, 0) is 7.05 Å². The Morgan fingerprint density at radius 2 is 1.87 bits per heavy atom. The Kier molecular flexibility index (Phi) is 2.29. The van der Waals surface area contributed by atoms with Crippen molar-refractivity contribution in [2.24, 2.45) is 7.05 Å². The van der Waals surface area contributed by atoms with Gasteiger partial charge in [0.15, 0.2) is 0 Å². The second kappa shape index (κ2) is 3.37. The molecule has 0 atom stereocenters. The lowest BCUT2D eigenvalue weighted by Crippen LogP contribution is -1.91. The lowest BCUT2D eigenvalue weighted by molar-refractivity contribution is 0.750. The molecule has 15 heavy (non-hydrogen) atoms. The fourth-order valence-electron chi connectivity index (χ4n) is 2.12. The molecule has 2 aromatic rings. The second-order valence-corrected chi connectivity index (χ2v) is 4.59. The number of hydrogen-bond acceptors (Lipinski definition) is 1. The van der Waals surface area contributed by atoms with Gasteiger partial charge in [-0.05, 0) is 43.0 Å². The summed E-state index contributed by atoms with van der Waals surface area (Å²) in [7, 11) is 2.00. The molecule has 0 unspecified atom stereocenters. The van der Waals surface area contributed by atoms with Gasteiger partial charge in [0.05, 0.1) is 5.52 Å². The third-order valence-electron chi connectivity index (χ3n) is 3.14. The Morgan fingerprint density at radius 1 is 1.20 bits per heavy atom. The summed E-state index contributed by atoms with van der Waals surface area (Å²) in [5.41, 5.74) is 5.13. The number of hydrogen-bond donors (Lipinski definition) is 0. The van der Waals surface area contributed by atoms with Gasteiger partial charge in [-0.1, -0.05) is 13.8 Å². The maximum atomic E-state index is 4.51. The summed E-state index contributed by atoms with van der Waals surface area (Å²) < 4.78 is 1.95. The molecule has 80 valence electrons. The second-order valence-electron chi connectivity index (χ2n) is 4.59. The predicted molar refractivity (Wildman–Crippen MR) is 64.3 cm³/mol. The van der Waals surface area contributed by atoms with E-state index in [-0.39, 0.29) is 0 Å². The maximum Gasteiger partial charge on any atom is 0.0929 e. The first-order valence-electron chi connectivity index (χ1n) is 5.44. The van der Waals surface area contributed by atoms with Gasteiger partial charge < -0.3 is 0 Å². The number of rotatable bonds is 1. The molecule has 0 fully saturated rings. The van der Waals surface area contributed by atoms with Crippen molar-refractivity contribution in [3.05, 3.63) is 29.0 Å². The van der Waals surface area contributed by atoms with Crippen molar-refractivity contribution in [3.8, 4) is 0 Å². The summed E-state index contributed by atoms with van der Waals surface area (Å²) in [6.07, 6.45) is 0. The largest absolute Gasteiger partial charge is 0.272 e. The van der Waals surface area contributed by atoms with Crippen LogP contribution in [0.3, 0.4) is 0 Å². The van der Waals surface area contributed by atoms with E-state index in [0.717, 1.165) is 5.52 Å². The minimum atomic E-state index is 0.566. The van der Waals surface area contributed by atoms with Gasteiger partial charge in [0, 0.05) is 18.1 Å². The van der Waals surface area contributed by atoms with Crippen LogP contribution in [0.5, 0.6) is 0 Å². The average Bonchev–Trinajstić information content (AvgIpc) is 2.43. The molecule has 0 aliphatic carbocycles. The molecule has 0 spiro atoms. The standard InChI is InChI=1S/C13H18N2/c1-8(2)11-7-13-12(6-9(11)3)10(4)15(5)14-13/h6-8H,1-5H3. The molecule has 0 saturated heterocycles. The summed E-state index contributed by atoms with van der Waals surface area (Å²) in [6, 6.07) is 4.48. The SMILES string of the molecule is Cc1cc2c(C)n(C)nc2cc1C(C)C. The zero-order valence-corrected chi connectivity index (χ0v) is 10.1. The molecule has 0 saturated carbocycles. The smallest absolute Gasteiger partial charge is 0.0929 e. The lowest BCUT2D eigenvalue weighted by Gasteiger charge is -2.09. The number of nitrogens with zero attached hydrogens (tertiary/aromatic N) is 2. The molecule has 0 N–H and O–H groups in total. The highest BCUT2D eigenvalue weighted by Crippen LogP contribution is 2.26. The van der Waals surface area contributed by atoms with E-state index in [2.05, 4.69) is 44.9 Å². The van der Waals surface area contributed by atoms with Gasteiger partial charge in [-0.25, -0.2) is 0 Å². The Balaban J connectivity index is 2.76. The monoisotopic (exact) mass is 202 g/mol. The van der Waals surface area contributed by atoms with Gasteiger partial charge in [-0.15, -0.1) is 0 Å². The predicted octanol–water partition coefficient (Wildman–Crippen LogP) is 3.31. The van der Waals surface area contributed by atoms with E-state index in [0.29, 0.717) is 5.92 Å². The van der Waals surface area contributed by atoms with Crippen molar-refractivity contribution in [1.82, 2.24) is 9.78 Å². The molecule has 1 aromatic heterocycles. The van der Waals surface area contributed by atoms with Crippen molar-refractivity contribution >= 4 is 10.9 Å². The number of aromatic nitrogens is 2. The highest BCUT2D eigenvalue weighted by atomic mass is 15.3. The zero-order valence-electron chi connectivity index (χ0n) is 10.1. The highest BCUT2D eigenvalue weighted by molar-refractivity contribution is 5.83. The molecular weight excluding hydrogens is 184 g/mol. The van der Waals surface area contributed by atoms with Crippen LogP contribution in [0.4, 0.5) is 0 Å². The van der Waals surface area contributed by atoms with E-state index in [4.69, 9.17) is 0 Å². The van der Waals surface area contributed by atoms with Crippen LogP contribution in [0.2, 0.25) is 0 Å². The van der Waals surface area contributed by atoms with Gasteiger partial charge in [-0.3, -0.25) is 4.68 Å². The third kappa shape index (κ3) is 1.54. The number of aryl methyl sites for hydroxylation is 3. The molecule has 0 aliphatic rings. The molecule has 2 heteroatoms. The van der Waals surface area contributed by atoms with Crippen LogP contribution in [0.1, 0.15) is 36.6 Å². The van der Waals surface area contributed by atoms with Crippen molar-refractivity contribution in [2.75, 3.05) is 0 Å². The third-order valence-corrected chi connectivity index (χ3v) is 3.14. The van der Waals surface area contributed by atoms with Crippen LogP contribution in [0, 0.1) is 13.8 Å². The summed E-state index contributed by atoms with van der Waals surface area (Å²) in [5, 5.41) is 5.79.